The maximum absolute atomic E-state index is 13.7. The number of benzene rings is 4. The number of amides is 2. The van der Waals surface area contributed by atoms with Gasteiger partial charge in [0.2, 0.25) is 0 Å². The van der Waals surface area contributed by atoms with Gasteiger partial charge in [-0.1, -0.05) is 278 Å². The average molecular weight is 1250 g/mol. The summed E-state index contributed by atoms with van der Waals surface area (Å²) in [5, 5.41) is 31.8. The van der Waals surface area contributed by atoms with E-state index in [9.17, 15) is 9.59 Å². The van der Waals surface area contributed by atoms with Crippen molar-refractivity contribution in [1.29, 1.82) is 0 Å². The van der Waals surface area contributed by atoms with Gasteiger partial charge in [-0.2, -0.15) is 20.5 Å². The van der Waals surface area contributed by atoms with Crippen molar-refractivity contribution in [3.63, 3.8) is 0 Å². The van der Waals surface area contributed by atoms with Gasteiger partial charge in [0.25, 0.3) is 11.8 Å². The van der Waals surface area contributed by atoms with Gasteiger partial charge in [-0.15, -0.1) is 0 Å². The smallest absolute Gasteiger partial charge is 0.256 e. The predicted molar refractivity (Wildman–Crippen MR) is 379 cm³/mol. The molecule has 4 N–H and O–H groups in total. The van der Waals surface area contributed by atoms with Gasteiger partial charge in [-0.05, 0) is 125 Å². The molecular formula is C74H114Cl2N10O2. The molecule has 0 heterocycles. The van der Waals surface area contributed by atoms with E-state index >= 15 is 0 Å². The molecule has 0 aromatic heterocycles. The summed E-state index contributed by atoms with van der Waals surface area (Å²) < 4.78 is 0. The Kier molecular flexibility index (Phi) is 43.3. The second kappa shape index (κ2) is 50.6. The number of azo groups is 2. The van der Waals surface area contributed by atoms with Crippen LogP contribution in [0.2, 0.25) is 10.0 Å². The van der Waals surface area contributed by atoms with E-state index in [2.05, 4.69) is 55.6 Å². The molecular weight excluding hydrogens is 1130 g/mol. The van der Waals surface area contributed by atoms with Crippen molar-refractivity contribution in [3.05, 3.63) is 107 Å². The van der Waals surface area contributed by atoms with E-state index in [0.29, 0.717) is 57.3 Å². The highest BCUT2D eigenvalue weighted by molar-refractivity contribution is 6.34. The van der Waals surface area contributed by atoms with Crippen LogP contribution < -0.4 is 21.3 Å². The van der Waals surface area contributed by atoms with Gasteiger partial charge >= 0.3 is 0 Å². The van der Waals surface area contributed by atoms with E-state index in [1.165, 1.54) is 205 Å². The standard InChI is InChI=1S/C74H114Cl2N10O2/c1-5-7-9-11-13-15-17-19-21-23-25-27-29-31-33-41-53-77-55-43-57-79-61(3)71(73(87)81-65-45-37-35-38-46-65)85-83-69-51-49-63(59-67(69)75)64-50-52-70(68(76)60-64)84-86-72(74(88)82-66-47-39-36-40-48-66)62(4)80-58-44-56-78-54-42-34-32-30-28-26-24-22-20-18-16-14-12-10-8-6-2/h35-40,45-52,59-60,71-72,77-78H,5-34,41-44,53-58H2,1-4H3,(H,81,87)(H,82,88). The van der Waals surface area contributed by atoms with Gasteiger partial charge in [0.1, 0.15) is 11.4 Å². The van der Waals surface area contributed by atoms with Crippen LogP contribution in [-0.2, 0) is 9.59 Å². The quantitative estimate of drug-likeness (QED) is 0.0197. The fraction of sp³-hybridized carbons (Fsp3) is 0.622. The number of nitrogens with zero attached hydrogens (tertiary/aromatic N) is 6. The van der Waals surface area contributed by atoms with Gasteiger partial charge in [0, 0.05) is 35.9 Å². The molecule has 2 unspecified atom stereocenters. The molecule has 0 aliphatic rings. The molecule has 0 saturated heterocycles. The number of carbonyl (C=O) groups is 2. The normalized spacial score (nSPS) is 12.8. The van der Waals surface area contributed by atoms with Crippen molar-refractivity contribution in [2.75, 3.05) is 49.9 Å². The molecule has 4 rings (SSSR count). The minimum Gasteiger partial charge on any atom is -0.324 e. The van der Waals surface area contributed by atoms with Crippen molar-refractivity contribution < 1.29 is 9.59 Å². The van der Waals surface area contributed by atoms with Gasteiger partial charge in [-0.25, -0.2) is 0 Å². The molecule has 4 aromatic rings. The van der Waals surface area contributed by atoms with E-state index in [4.69, 9.17) is 33.2 Å². The van der Waals surface area contributed by atoms with Crippen LogP contribution in [0.15, 0.2) is 128 Å². The summed E-state index contributed by atoms with van der Waals surface area (Å²) in [6.45, 7) is 13.1. The number of unbranched alkanes of at least 4 members (excludes halogenated alkanes) is 30. The van der Waals surface area contributed by atoms with Crippen molar-refractivity contribution in [2.24, 2.45) is 30.4 Å². The number of anilines is 2. The highest BCUT2D eigenvalue weighted by atomic mass is 35.5. The molecule has 12 nitrogen and oxygen atoms in total. The third kappa shape index (κ3) is 35.3. The Morgan fingerprint density at radius 1 is 0.375 bits per heavy atom. The van der Waals surface area contributed by atoms with Gasteiger partial charge in [-0.3, -0.25) is 19.6 Å². The summed E-state index contributed by atoms with van der Waals surface area (Å²) in [4.78, 5) is 37.0. The van der Waals surface area contributed by atoms with E-state index in [-0.39, 0.29) is 11.8 Å². The zero-order valence-corrected chi connectivity index (χ0v) is 56.4. The lowest BCUT2D eigenvalue weighted by Gasteiger charge is -2.13. The number of nitrogens with one attached hydrogen (secondary N) is 4. The molecule has 2 atom stereocenters. The van der Waals surface area contributed by atoms with E-state index < -0.39 is 12.1 Å². The lowest BCUT2D eigenvalue weighted by molar-refractivity contribution is -0.116. The van der Waals surface area contributed by atoms with Crippen molar-refractivity contribution in [3.8, 4) is 11.1 Å². The molecule has 14 heteroatoms. The van der Waals surface area contributed by atoms with Gasteiger partial charge in [0.05, 0.1) is 10.0 Å². The van der Waals surface area contributed by atoms with Gasteiger partial charge in [0.15, 0.2) is 12.1 Å². The predicted octanol–water partition coefficient (Wildman–Crippen LogP) is 22.2. The molecule has 2 amide bonds. The Balaban J connectivity index is 1.22. The molecule has 88 heavy (non-hydrogen) atoms. The zero-order valence-electron chi connectivity index (χ0n) is 54.9. The number of carbonyl (C=O) groups excluding carboxylic acids is 2. The third-order valence-corrected chi connectivity index (χ3v) is 16.9. The highest BCUT2D eigenvalue weighted by Gasteiger charge is 2.23. The van der Waals surface area contributed by atoms with Crippen molar-refractivity contribution >= 4 is 69.2 Å². The first-order chi connectivity index (χ1) is 43.2. The summed E-state index contributed by atoms with van der Waals surface area (Å²) in [5.74, 6) is -0.663. The van der Waals surface area contributed by atoms with Crippen LogP contribution in [0.1, 0.15) is 246 Å². The maximum atomic E-state index is 13.7. The summed E-state index contributed by atoms with van der Waals surface area (Å²) in [6.07, 6.45) is 45.5. The molecule has 4 aromatic carbocycles. The number of aliphatic imine (C=N–C) groups is 2. The Bertz CT molecular complexity index is 2380. The lowest BCUT2D eigenvalue weighted by atomic mass is 10.0. The largest absolute Gasteiger partial charge is 0.324 e. The fourth-order valence-electron chi connectivity index (χ4n) is 10.8. The molecule has 0 fully saturated rings. The SMILES string of the molecule is CCCCCCCCCCCCCCCCCCNCCCN=C(C)C(N=Nc1ccc(-c2ccc(N=NC(C(=O)Nc3ccccc3)C(C)=NCCCNCCCCCCCCCCCCCCCCCC)c(Cl)c2)cc1Cl)C(=O)Nc1ccccc1. The maximum Gasteiger partial charge on any atom is 0.256 e. The Hall–Kier alpha value is -5.14. The number of rotatable bonds is 53. The van der Waals surface area contributed by atoms with Crippen LogP contribution in [0, 0.1) is 0 Å². The molecule has 0 aliphatic carbocycles. The first kappa shape index (κ1) is 75.3. The number of halogens is 2. The third-order valence-electron chi connectivity index (χ3n) is 16.3. The molecule has 0 aliphatic heterocycles. The number of para-hydroxylation sites is 2. The van der Waals surface area contributed by atoms with Gasteiger partial charge < -0.3 is 21.3 Å². The first-order valence-corrected chi connectivity index (χ1v) is 35.5. The Morgan fingerprint density at radius 3 is 0.955 bits per heavy atom. The van der Waals surface area contributed by atoms with Crippen molar-refractivity contribution in [2.45, 2.75) is 258 Å². The van der Waals surface area contributed by atoms with E-state index in [0.717, 1.165) is 50.1 Å². The first-order valence-electron chi connectivity index (χ1n) is 34.8. The summed E-state index contributed by atoms with van der Waals surface area (Å²) >= 11 is 13.7. The summed E-state index contributed by atoms with van der Waals surface area (Å²) in [5.41, 5.74) is 4.85. The monoisotopic (exact) mass is 1240 g/mol. The topological polar surface area (TPSA) is 156 Å². The fourth-order valence-corrected chi connectivity index (χ4v) is 11.3. The van der Waals surface area contributed by atoms with Crippen LogP contribution in [0.3, 0.4) is 0 Å². The number of hydrogen-bond donors (Lipinski definition) is 4. The van der Waals surface area contributed by atoms with Crippen LogP contribution in [0.5, 0.6) is 0 Å². The summed E-state index contributed by atoms with van der Waals surface area (Å²) in [6, 6.07) is 27.6. The molecule has 0 spiro atoms. The second-order valence-electron chi connectivity index (χ2n) is 24.1. The van der Waals surface area contributed by atoms with E-state index in [1.54, 1.807) is 24.3 Å². The molecule has 0 radical (unpaired) electrons. The number of hydrogen-bond acceptors (Lipinski definition) is 10. The lowest BCUT2D eigenvalue weighted by Crippen LogP contribution is -2.32. The summed E-state index contributed by atoms with van der Waals surface area (Å²) in [7, 11) is 0. The van der Waals surface area contributed by atoms with Crippen LogP contribution in [0.25, 0.3) is 11.1 Å². The van der Waals surface area contributed by atoms with E-state index in [1.807, 2.05) is 86.6 Å². The Morgan fingerprint density at radius 2 is 0.659 bits per heavy atom. The molecule has 0 saturated carbocycles. The second-order valence-corrected chi connectivity index (χ2v) is 25.0. The zero-order chi connectivity index (χ0) is 62.8. The van der Waals surface area contributed by atoms with Crippen LogP contribution in [-0.4, -0.2) is 74.6 Å². The average Bonchev–Trinajstić information content (AvgIpc) is 3.72. The van der Waals surface area contributed by atoms with Crippen LogP contribution >= 0.6 is 23.2 Å². The highest BCUT2D eigenvalue weighted by Crippen LogP contribution is 2.35. The minimum atomic E-state index is -0.959. The van der Waals surface area contributed by atoms with Crippen LogP contribution in [0.4, 0.5) is 22.7 Å². The Labute approximate surface area is 543 Å². The minimum absolute atomic E-state index is 0.332. The van der Waals surface area contributed by atoms with Crippen molar-refractivity contribution in [1.82, 2.24) is 10.6 Å². The molecule has 0 bridgehead atoms. The molecule has 486 valence electrons.